The van der Waals surface area contributed by atoms with Gasteiger partial charge in [-0.1, -0.05) is 19.9 Å². The highest BCUT2D eigenvalue weighted by Gasteiger charge is 2.24. The summed E-state index contributed by atoms with van der Waals surface area (Å²) >= 11 is 1.66. The van der Waals surface area contributed by atoms with Crippen molar-refractivity contribution in [2.75, 3.05) is 5.32 Å². The first-order valence-electron chi connectivity index (χ1n) is 7.43. The third kappa shape index (κ3) is 3.38. The Morgan fingerprint density at radius 2 is 2.00 bits per heavy atom. The van der Waals surface area contributed by atoms with Crippen molar-refractivity contribution >= 4 is 28.3 Å². The SMILES string of the molecule is CC1(C)CCC=C(c2cc(Nc3ccc(F)cc3F)cs2)C1. The lowest BCUT2D eigenvalue weighted by atomic mass is 9.77. The van der Waals surface area contributed by atoms with E-state index in [1.54, 1.807) is 11.3 Å². The van der Waals surface area contributed by atoms with E-state index < -0.39 is 11.6 Å². The van der Waals surface area contributed by atoms with Gasteiger partial charge in [0.2, 0.25) is 0 Å². The van der Waals surface area contributed by atoms with Crippen molar-refractivity contribution in [2.45, 2.75) is 33.1 Å². The van der Waals surface area contributed by atoms with E-state index in [1.807, 2.05) is 11.4 Å². The van der Waals surface area contributed by atoms with E-state index in [0.29, 0.717) is 11.1 Å². The van der Waals surface area contributed by atoms with E-state index in [1.165, 1.54) is 29.0 Å². The first-order valence-corrected chi connectivity index (χ1v) is 8.31. The van der Waals surface area contributed by atoms with Gasteiger partial charge in [0.05, 0.1) is 5.69 Å². The fraction of sp³-hybridized carbons (Fsp3) is 0.333. The zero-order chi connectivity index (χ0) is 15.7. The van der Waals surface area contributed by atoms with Crippen molar-refractivity contribution in [1.82, 2.24) is 0 Å². The number of halogens is 2. The highest BCUT2D eigenvalue weighted by atomic mass is 32.1. The Morgan fingerprint density at radius 3 is 2.73 bits per heavy atom. The van der Waals surface area contributed by atoms with Crippen molar-refractivity contribution in [2.24, 2.45) is 5.41 Å². The molecule has 1 aliphatic rings. The van der Waals surface area contributed by atoms with Crippen LogP contribution in [-0.2, 0) is 0 Å². The van der Waals surface area contributed by atoms with E-state index >= 15 is 0 Å². The first-order chi connectivity index (χ1) is 10.4. The molecule has 0 radical (unpaired) electrons. The van der Waals surface area contributed by atoms with Crippen molar-refractivity contribution in [3.05, 3.63) is 52.2 Å². The molecule has 1 aliphatic carbocycles. The van der Waals surface area contributed by atoms with Crippen LogP contribution in [0.3, 0.4) is 0 Å². The zero-order valence-corrected chi connectivity index (χ0v) is 13.6. The Balaban J connectivity index is 1.78. The number of benzene rings is 1. The van der Waals surface area contributed by atoms with Crippen LogP contribution in [0.25, 0.3) is 5.57 Å². The van der Waals surface area contributed by atoms with E-state index in [9.17, 15) is 8.78 Å². The molecular formula is C18H19F2NS. The minimum Gasteiger partial charge on any atom is -0.352 e. The van der Waals surface area contributed by atoms with Crippen LogP contribution < -0.4 is 5.32 Å². The second-order valence-electron chi connectivity index (χ2n) is 6.56. The molecule has 3 rings (SSSR count). The van der Waals surface area contributed by atoms with Crippen molar-refractivity contribution < 1.29 is 8.78 Å². The minimum atomic E-state index is -0.578. The zero-order valence-electron chi connectivity index (χ0n) is 12.7. The van der Waals surface area contributed by atoms with Gasteiger partial charge in [-0.25, -0.2) is 8.78 Å². The Bertz CT molecular complexity index is 716. The van der Waals surface area contributed by atoms with Crippen LogP contribution in [0.15, 0.2) is 35.7 Å². The molecule has 1 aromatic carbocycles. The molecule has 0 spiro atoms. The topological polar surface area (TPSA) is 12.0 Å². The van der Waals surface area contributed by atoms with Crippen LogP contribution in [0, 0.1) is 17.0 Å². The molecule has 0 saturated carbocycles. The standard InChI is InChI=1S/C18H19F2NS/c1-18(2)7-3-4-12(10-18)17-9-14(11-22-17)21-16-6-5-13(19)8-15(16)20/h4-6,8-9,11,21H,3,7,10H2,1-2H3. The third-order valence-corrected chi connectivity index (χ3v) is 5.01. The lowest BCUT2D eigenvalue weighted by Gasteiger charge is -2.29. The molecule has 1 aromatic heterocycles. The van der Waals surface area contributed by atoms with E-state index in [4.69, 9.17) is 0 Å². The normalized spacial score (nSPS) is 17.2. The van der Waals surface area contributed by atoms with Gasteiger partial charge in [0.1, 0.15) is 11.6 Å². The molecule has 0 unspecified atom stereocenters. The smallest absolute Gasteiger partial charge is 0.149 e. The lowest BCUT2D eigenvalue weighted by Crippen LogP contribution is -2.14. The summed E-state index contributed by atoms with van der Waals surface area (Å²) in [6.07, 6.45) is 5.70. The molecule has 22 heavy (non-hydrogen) atoms. The molecule has 0 bridgehead atoms. The predicted octanol–water partition coefficient (Wildman–Crippen LogP) is 6.36. The highest BCUT2D eigenvalue weighted by Crippen LogP contribution is 2.41. The molecule has 116 valence electrons. The third-order valence-electron chi connectivity index (χ3n) is 4.01. The average molecular weight is 319 g/mol. The number of nitrogens with one attached hydrogen (secondary N) is 1. The fourth-order valence-electron chi connectivity index (χ4n) is 2.82. The molecule has 0 amide bonds. The van der Waals surface area contributed by atoms with Gasteiger partial charge in [-0.15, -0.1) is 11.3 Å². The maximum Gasteiger partial charge on any atom is 0.149 e. The molecule has 1 heterocycles. The average Bonchev–Trinajstić information content (AvgIpc) is 2.89. The molecule has 1 N–H and O–H groups in total. The van der Waals surface area contributed by atoms with Crippen LogP contribution in [0.1, 0.15) is 38.0 Å². The summed E-state index contributed by atoms with van der Waals surface area (Å²) in [5.41, 5.74) is 2.84. The monoisotopic (exact) mass is 319 g/mol. The van der Waals surface area contributed by atoms with Gasteiger partial charge in [-0.2, -0.15) is 0 Å². The van der Waals surface area contributed by atoms with Crippen LogP contribution >= 0.6 is 11.3 Å². The number of thiophene rings is 1. The predicted molar refractivity (Wildman–Crippen MR) is 89.6 cm³/mol. The van der Waals surface area contributed by atoms with Crippen LogP contribution in [0.4, 0.5) is 20.2 Å². The Labute approximate surface area is 133 Å². The van der Waals surface area contributed by atoms with Gasteiger partial charge in [0.25, 0.3) is 0 Å². The summed E-state index contributed by atoms with van der Waals surface area (Å²) in [5, 5.41) is 4.99. The van der Waals surface area contributed by atoms with Crippen LogP contribution in [0.5, 0.6) is 0 Å². The largest absolute Gasteiger partial charge is 0.352 e. The lowest BCUT2D eigenvalue weighted by molar-refractivity contribution is 0.338. The van der Waals surface area contributed by atoms with Gasteiger partial charge >= 0.3 is 0 Å². The van der Waals surface area contributed by atoms with Crippen molar-refractivity contribution in [3.8, 4) is 0 Å². The van der Waals surface area contributed by atoms with Crippen LogP contribution in [-0.4, -0.2) is 0 Å². The molecule has 4 heteroatoms. The minimum absolute atomic E-state index is 0.295. The maximum absolute atomic E-state index is 13.7. The first kappa shape index (κ1) is 15.2. The van der Waals surface area contributed by atoms with Gasteiger partial charge in [0, 0.05) is 22.0 Å². The Kier molecular flexibility index (Phi) is 4.04. The summed E-state index contributed by atoms with van der Waals surface area (Å²) < 4.78 is 26.6. The molecule has 0 atom stereocenters. The molecule has 0 aliphatic heterocycles. The second-order valence-corrected chi connectivity index (χ2v) is 7.47. The van der Waals surface area contributed by atoms with Gasteiger partial charge in [0.15, 0.2) is 0 Å². The molecular weight excluding hydrogens is 300 g/mol. The van der Waals surface area contributed by atoms with Gasteiger partial charge in [-0.3, -0.25) is 0 Å². The molecule has 1 nitrogen and oxygen atoms in total. The Morgan fingerprint density at radius 1 is 1.18 bits per heavy atom. The summed E-state index contributed by atoms with van der Waals surface area (Å²) in [6.45, 7) is 4.58. The fourth-order valence-corrected chi connectivity index (χ4v) is 3.70. The summed E-state index contributed by atoms with van der Waals surface area (Å²) in [7, 11) is 0. The quantitative estimate of drug-likeness (QED) is 0.693. The number of anilines is 2. The molecule has 2 aromatic rings. The van der Waals surface area contributed by atoms with Crippen molar-refractivity contribution in [3.63, 3.8) is 0 Å². The number of allylic oxidation sites excluding steroid dienone is 2. The van der Waals surface area contributed by atoms with E-state index in [2.05, 4.69) is 25.2 Å². The number of hydrogen-bond acceptors (Lipinski definition) is 2. The maximum atomic E-state index is 13.7. The molecule has 0 saturated heterocycles. The van der Waals surface area contributed by atoms with E-state index in [0.717, 1.165) is 24.6 Å². The summed E-state index contributed by atoms with van der Waals surface area (Å²) in [6, 6.07) is 5.61. The van der Waals surface area contributed by atoms with Crippen LogP contribution in [0.2, 0.25) is 0 Å². The van der Waals surface area contributed by atoms with Gasteiger partial charge in [-0.05, 0) is 48.4 Å². The number of rotatable bonds is 3. The van der Waals surface area contributed by atoms with Gasteiger partial charge < -0.3 is 5.32 Å². The van der Waals surface area contributed by atoms with Crippen molar-refractivity contribution in [1.29, 1.82) is 0 Å². The van der Waals surface area contributed by atoms with E-state index in [-0.39, 0.29) is 0 Å². The second kappa shape index (κ2) is 5.84. The highest BCUT2D eigenvalue weighted by molar-refractivity contribution is 7.11. The summed E-state index contributed by atoms with van der Waals surface area (Å²) in [5.74, 6) is -1.14. The number of hydrogen-bond donors (Lipinski definition) is 1. The summed E-state index contributed by atoms with van der Waals surface area (Å²) in [4.78, 5) is 1.22. The molecule has 0 fully saturated rings. The Hall–Kier alpha value is -1.68.